The number of halogens is 2. The van der Waals surface area contributed by atoms with Crippen LogP contribution in [0.2, 0.25) is 0 Å². The molecule has 0 aliphatic heterocycles. The van der Waals surface area contributed by atoms with E-state index in [0.717, 1.165) is 0 Å². The first-order chi connectivity index (χ1) is 18.3. The van der Waals surface area contributed by atoms with E-state index < -0.39 is 23.4 Å². The van der Waals surface area contributed by atoms with Crippen molar-refractivity contribution in [2.24, 2.45) is 0 Å². The molecule has 4 rings (SSSR count). The van der Waals surface area contributed by atoms with Gasteiger partial charge in [-0.1, -0.05) is 31.2 Å². The van der Waals surface area contributed by atoms with E-state index in [4.69, 9.17) is 4.42 Å². The Hall–Kier alpha value is -4.33. The summed E-state index contributed by atoms with van der Waals surface area (Å²) < 4.78 is 32.6. The van der Waals surface area contributed by atoms with Gasteiger partial charge in [0.05, 0.1) is 23.8 Å². The average Bonchev–Trinajstić information content (AvgIpc) is 2.93. The second-order valence-corrected chi connectivity index (χ2v) is 9.16. The van der Waals surface area contributed by atoms with Crippen molar-refractivity contribution >= 4 is 22.8 Å². The van der Waals surface area contributed by atoms with Crippen LogP contribution in [-0.4, -0.2) is 34.2 Å². The number of rotatable bonds is 9. The van der Waals surface area contributed by atoms with Crippen LogP contribution >= 0.6 is 0 Å². The molecule has 0 aliphatic rings. The standard InChI is InChI=1S/C30H28F2N2O4/c1-3-20(2)34(30(37)22-10-14-25(32)15-11-22)18-28(35)33(16-21-8-12-24(31)13-9-21)17-23-19-38-27-7-5-4-6-26(27)29(23)36/h4-15,19-20H,3,16-18H2,1-2H3. The van der Waals surface area contributed by atoms with Gasteiger partial charge < -0.3 is 14.2 Å². The molecule has 0 N–H and O–H groups in total. The summed E-state index contributed by atoms with van der Waals surface area (Å²) in [5.41, 5.74) is 1.37. The molecule has 1 unspecified atom stereocenters. The lowest BCUT2D eigenvalue weighted by atomic mass is 10.1. The number of fused-ring (bicyclic) bond motifs is 1. The van der Waals surface area contributed by atoms with Gasteiger partial charge in [-0.2, -0.15) is 0 Å². The van der Waals surface area contributed by atoms with Crippen molar-refractivity contribution in [2.45, 2.75) is 39.4 Å². The lowest BCUT2D eigenvalue weighted by molar-refractivity contribution is -0.133. The van der Waals surface area contributed by atoms with E-state index in [2.05, 4.69) is 0 Å². The second-order valence-electron chi connectivity index (χ2n) is 9.16. The van der Waals surface area contributed by atoms with Crippen molar-refractivity contribution in [1.29, 1.82) is 0 Å². The lowest BCUT2D eigenvalue weighted by Crippen LogP contribution is -2.46. The Bertz CT molecular complexity index is 1480. The zero-order chi connectivity index (χ0) is 27.2. The molecular formula is C30H28F2N2O4. The zero-order valence-electron chi connectivity index (χ0n) is 21.2. The maximum atomic E-state index is 13.7. The van der Waals surface area contributed by atoms with E-state index in [1.165, 1.54) is 52.5 Å². The quantitative estimate of drug-likeness (QED) is 0.292. The largest absolute Gasteiger partial charge is 0.464 e. The molecule has 1 atom stereocenters. The van der Waals surface area contributed by atoms with Gasteiger partial charge in [-0.3, -0.25) is 14.4 Å². The summed E-state index contributed by atoms with van der Waals surface area (Å²) in [4.78, 5) is 43.0. The molecule has 196 valence electrons. The van der Waals surface area contributed by atoms with E-state index in [9.17, 15) is 23.2 Å². The summed E-state index contributed by atoms with van der Waals surface area (Å²) in [7, 11) is 0. The maximum Gasteiger partial charge on any atom is 0.254 e. The minimum atomic E-state index is -0.465. The second kappa shape index (κ2) is 11.8. The number of benzene rings is 3. The number of carbonyl (C=O) groups excluding carboxylic acids is 2. The summed E-state index contributed by atoms with van der Waals surface area (Å²) in [6, 6.07) is 17.4. The summed E-state index contributed by atoms with van der Waals surface area (Å²) in [6.07, 6.45) is 1.93. The Labute approximate surface area is 219 Å². The first-order valence-corrected chi connectivity index (χ1v) is 12.3. The third kappa shape index (κ3) is 6.14. The highest BCUT2D eigenvalue weighted by atomic mass is 19.1. The Morgan fingerprint density at radius 2 is 1.53 bits per heavy atom. The van der Waals surface area contributed by atoms with Crippen LogP contribution in [0.5, 0.6) is 0 Å². The number of hydrogen-bond donors (Lipinski definition) is 0. The first-order valence-electron chi connectivity index (χ1n) is 12.3. The van der Waals surface area contributed by atoms with Crippen LogP contribution < -0.4 is 5.43 Å². The van der Waals surface area contributed by atoms with Crippen molar-refractivity contribution < 1.29 is 22.8 Å². The van der Waals surface area contributed by atoms with E-state index >= 15 is 0 Å². The molecule has 0 fully saturated rings. The van der Waals surface area contributed by atoms with Crippen LogP contribution in [-0.2, 0) is 17.9 Å². The van der Waals surface area contributed by atoms with Gasteiger partial charge in [0, 0.05) is 18.2 Å². The van der Waals surface area contributed by atoms with Crippen LogP contribution in [0, 0.1) is 11.6 Å². The first kappa shape index (κ1) is 26.7. The van der Waals surface area contributed by atoms with Gasteiger partial charge in [0.2, 0.25) is 5.91 Å². The highest BCUT2D eigenvalue weighted by Gasteiger charge is 2.26. The van der Waals surface area contributed by atoms with Crippen LogP contribution in [0.15, 0.2) is 88.3 Å². The number of para-hydroxylation sites is 1. The molecule has 8 heteroatoms. The van der Waals surface area contributed by atoms with Crippen LogP contribution in [0.4, 0.5) is 8.78 Å². The van der Waals surface area contributed by atoms with Crippen LogP contribution in [0.3, 0.4) is 0 Å². The maximum absolute atomic E-state index is 13.7. The minimum Gasteiger partial charge on any atom is -0.464 e. The summed E-state index contributed by atoms with van der Waals surface area (Å²) in [6.45, 7) is 3.49. The molecule has 0 radical (unpaired) electrons. The fraction of sp³-hybridized carbons (Fsp3) is 0.233. The molecule has 38 heavy (non-hydrogen) atoms. The van der Waals surface area contributed by atoms with Gasteiger partial charge in [-0.25, -0.2) is 8.78 Å². The Morgan fingerprint density at radius 1 is 0.895 bits per heavy atom. The van der Waals surface area contributed by atoms with Crippen molar-refractivity contribution in [1.82, 2.24) is 9.80 Å². The van der Waals surface area contributed by atoms with Crippen molar-refractivity contribution in [3.63, 3.8) is 0 Å². The van der Waals surface area contributed by atoms with E-state index in [0.29, 0.717) is 23.0 Å². The monoisotopic (exact) mass is 518 g/mol. The number of amides is 2. The SMILES string of the molecule is CCC(C)N(CC(=O)N(Cc1ccc(F)cc1)Cc1coc2ccccc2c1=O)C(=O)c1ccc(F)cc1. The zero-order valence-corrected chi connectivity index (χ0v) is 21.2. The highest BCUT2D eigenvalue weighted by Crippen LogP contribution is 2.17. The minimum absolute atomic E-state index is 0.0670. The number of carbonyl (C=O) groups is 2. The summed E-state index contributed by atoms with van der Waals surface area (Å²) in [5, 5.41) is 0.395. The summed E-state index contributed by atoms with van der Waals surface area (Å²) in [5.74, 6) is -1.68. The Balaban J connectivity index is 1.65. The number of nitrogens with zero attached hydrogens (tertiary/aromatic N) is 2. The highest BCUT2D eigenvalue weighted by molar-refractivity contribution is 5.96. The smallest absolute Gasteiger partial charge is 0.254 e. The van der Waals surface area contributed by atoms with Crippen LogP contribution in [0.25, 0.3) is 11.0 Å². The summed E-state index contributed by atoms with van der Waals surface area (Å²) >= 11 is 0. The van der Waals surface area contributed by atoms with Gasteiger partial charge in [-0.05, 0) is 67.4 Å². The molecule has 0 bridgehead atoms. The molecule has 2 amide bonds. The Kier molecular flexibility index (Phi) is 8.31. The van der Waals surface area contributed by atoms with Crippen molar-refractivity contribution in [3.8, 4) is 0 Å². The molecule has 3 aromatic carbocycles. The third-order valence-electron chi connectivity index (χ3n) is 6.53. The normalized spacial score (nSPS) is 11.8. The average molecular weight is 519 g/mol. The van der Waals surface area contributed by atoms with Gasteiger partial charge in [-0.15, -0.1) is 0 Å². The van der Waals surface area contributed by atoms with Gasteiger partial charge in [0.1, 0.15) is 23.8 Å². The predicted octanol–water partition coefficient (Wildman–Crippen LogP) is 5.54. The molecule has 0 saturated heterocycles. The van der Waals surface area contributed by atoms with Gasteiger partial charge in [0.25, 0.3) is 5.91 Å². The molecule has 0 aliphatic carbocycles. The van der Waals surface area contributed by atoms with E-state index in [-0.39, 0.29) is 42.2 Å². The van der Waals surface area contributed by atoms with Crippen molar-refractivity contribution in [2.75, 3.05) is 6.54 Å². The van der Waals surface area contributed by atoms with E-state index in [1.54, 1.807) is 36.4 Å². The molecule has 1 heterocycles. The molecule has 0 spiro atoms. The van der Waals surface area contributed by atoms with Crippen LogP contribution in [0.1, 0.15) is 41.8 Å². The lowest BCUT2D eigenvalue weighted by Gasteiger charge is -2.31. The molecule has 4 aromatic rings. The fourth-order valence-corrected chi connectivity index (χ4v) is 4.13. The molecule has 6 nitrogen and oxygen atoms in total. The molecule has 0 saturated carbocycles. The third-order valence-corrected chi connectivity index (χ3v) is 6.53. The molecular weight excluding hydrogens is 490 g/mol. The predicted molar refractivity (Wildman–Crippen MR) is 140 cm³/mol. The van der Waals surface area contributed by atoms with E-state index in [1.807, 2.05) is 13.8 Å². The number of hydrogen-bond acceptors (Lipinski definition) is 4. The fourth-order valence-electron chi connectivity index (χ4n) is 4.13. The molecule has 1 aromatic heterocycles. The topological polar surface area (TPSA) is 70.8 Å². The van der Waals surface area contributed by atoms with Gasteiger partial charge in [0.15, 0.2) is 5.43 Å². The van der Waals surface area contributed by atoms with Gasteiger partial charge >= 0.3 is 0 Å². The van der Waals surface area contributed by atoms with Crippen molar-refractivity contribution in [3.05, 3.63) is 118 Å². The Morgan fingerprint density at radius 3 is 2.18 bits per heavy atom.